The molecule has 0 saturated heterocycles. The van der Waals surface area contributed by atoms with Gasteiger partial charge in [-0.25, -0.2) is 0 Å². The molecule has 0 bridgehead atoms. The number of ether oxygens (including phenoxy) is 2. The third-order valence-electron chi connectivity index (χ3n) is 3.76. The Morgan fingerprint density at radius 3 is 2.46 bits per heavy atom. The monoisotopic (exact) mass is 391 g/mol. The first-order valence-corrected chi connectivity index (χ1v) is 8.53. The van der Waals surface area contributed by atoms with Gasteiger partial charge in [-0.05, 0) is 50.1 Å². The fourth-order valence-electron chi connectivity index (χ4n) is 2.52. The Hall–Kier alpha value is -2.01. The van der Waals surface area contributed by atoms with E-state index in [0.717, 1.165) is 26.9 Å². The van der Waals surface area contributed by atoms with Crippen LogP contribution < -0.4 is 14.8 Å². The molecule has 2 aromatic rings. The number of hydrogen-bond acceptors (Lipinski definition) is 3. The Morgan fingerprint density at radius 1 is 1.21 bits per heavy atom. The number of amides is 1. The Labute approximate surface area is 151 Å². The molecule has 1 atom stereocenters. The van der Waals surface area contributed by atoms with Gasteiger partial charge in [0.05, 0.1) is 13.2 Å². The summed E-state index contributed by atoms with van der Waals surface area (Å²) in [5.74, 6) is 1.27. The summed E-state index contributed by atoms with van der Waals surface area (Å²) in [5, 5.41) is 2.93. The second-order valence-corrected chi connectivity index (χ2v) is 6.48. The molecule has 0 spiro atoms. The van der Waals surface area contributed by atoms with E-state index in [1.54, 1.807) is 7.11 Å². The van der Waals surface area contributed by atoms with E-state index >= 15 is 0 Å². The van der Waals surface area contributed by atoms with Crippen LogP contribution in [0.1, 0.15) is 29.7 Å². The number of nitrogens with one attached hydrogen (secondary N) is 1. The lowest BCUT2D eigenvalue weighted by Gasteiger charge is -2.17. The molecule has 0 fully saturated rings. The highest BCUT2D eigenvalue weighted by molar-refractivity contribution is 9.10. The lowest BCUT2D eigenvalue weighted by atomic mass is 10.1. The van der Waals surface area contributed by atoms with Crippen molar-refractivity contribution < 1.29 is 14.3 Å². The molecule has 0 aliphatic carbocycles. The number of carbonyl (C=O) groups excluding carboxylic acids is 1. The average molecular weight is 392 g/mol. The summed E-state index contributed by atoms with van der Waals surface area (Å²) in [7, 11) is 1.62. The Morgan fingerprint density at radius 2 is 1.83 bits per heavy atom. The molecule has 24 heavy (non-hydrogen) atoms. The number of para-hydroxylation sites is 1. The number of aryl methyl sites for hydroxylation is 2. The third-order valence-corrected chi connectivity index (χ3v) is 5.01. The second kappa shape index (κ2) is 8.20. The molecule has 0 radical (unpaired) electrons. The maximum absolute atomic E-state index is 12.2. The van der Waals surface area contributed by atoms with Gasteiger partial charge in [-0.2, -0.15) is 0 Å². The first-order chi connectivity index (χ1) is 11.4. The molecule has 2 rings (SSSR count). The topological polar surface area (TPSA) is 47.6 Å². The number of halogens is 1. The van der Waals surface area contributed by atoms with E-state index in [4.69, 9.17) is 9.47 Å². The Balaban J connectivity index is 1.96. The maximum atomic E-state index is 12.2. The maximum Gasteiger partial charge on any atom is 0.258 e. The third kappa shape index (κ3) is 4.51. The van der Waals surface area contributed by atoms with E-state index in [2.05, 4.69) is 21.2 Å². The van der Waals surface area contributed by atoms with Gasteiger partial charge in [-0.1, -0.05) is 34.1 Å². The summed E-state index contributed by atoms with van der Waals surface area (Å²) in [6.45, 7) is 5.88. The van der Waals surface area contributed by atoms with Gasteiger partial charge in [0, 0.05) is 10.0 Å². The van der Waals surface area contributed by atoms with Crippen molar-refractivity contribution in [3.8, 4) is 11.5 Å². The normalized spacial score (nSPS) is 11.7. The van der Waals surface area contributed by atoms with E-state index in [1.165, 1.54) is 0 Å². The van der Waals surface area contributed by atoms with Crippen LogP contribution in [0.4, 0.5) is 0 Å². The van der Waals surface area contributed by atoms with Crippen LogP contribution in [-0.2, 0) is 4.79 Å². The van der Waals surface area contributed by atoms with Crippen LogP contribution in [0.25, 0.3) is 0 Å². The van der Waals surface area contributed by atoms with Gasteiger partial charge in [0.25, 0.3) is 5.91 Å². The quantitative estimate of drug-likeness (QED) is 0.796. The zero-order valence-corrected chi connectivity index (χ0v) is 15.9. The van der Waals surface area contributed by atoms with Gasteiger partial charge in [0.15, 0.2) is 6.61 Å². The van der Waals surface area contributed by atoms with Crippen molar-refractivity contribution in [2.45, 2.75) is 26.8 Å². The van der Waals surface area contributed by atoms with Gasteiger partial charge in [-0.15, -0.1) is 0 Å². The van der Waals surface area contributed by atoms with Crippen molar-refractivity contribution >= 4 is 21.8 Å². The predicted molar refractivity (Wildman–Crippen MR) is 98.7 cm³/mol. The molecular formula is C19H22BrNO3. The van der Waals surface area contributed by atoms with E-state index in [9.17, 15) is 4.79 Å². The van der Waals surface area contributed by atoms with E-state index in [-0.39, 0.29) is 18.6 Å². The van der Waals surface area contributed by atoms with Crippen LogP contribution in [0, 0.1) is 13.8 Å². The van der Waals surface area contributed by atoms with E-state index in [0.29, 0.717) is 5.75 Å². The predicted octanol–water partition coefficient (Wildman–Crippen LogP) is 4.33. The first kappa shape index (κ1) is 18.3. The minimum atomic E-state index is -0.174. The summed E-state index contributed by atoms with van der Waals surface area (Å²) in [6.07, 6.45) is 0. The van der Waals surface area contributed by atoms with Gasteiger partial charge in [0.1, 0.15) is 11.5 Å². The fraction of sp³-hybridized carbons (Fsp3) is 0.316. The minimum absolute atomic E-state index is 0.0278. The smallest absolute Gasteiger partial charge is 0.258 e. The fourth-order valence-corrected chi connectivity index (χ4v) is 2.75. The lowest BCUT2D eigenvalue weighted by Crippen LogP contribution is -2.31. The molecule has 5 heteroatoms. The number of methoxy groups -OCH3 is 1. The summed E-state index contributed by atoms with van der Waals surface area (Å²) in [4.78, 5) is 12.2. The number of hydrogen-bond donors (Lipinski definition) is 1. The summed E-state index contributed by atoms with van der Waals surface area (Å²) in [6, 6.07) is 11.3. The zero-order valence-electron chi connectivity index (χ0n) is 14.4. The number of benzene rings is 2. The number of rotatable bonds is 6. The summed E-state index contributed by atoms with van der Waals surface area (Å²) >= 11 is 3.52. The molecule has 128 valence electrons. The SMILES string of the molecule is COc1ccccc1[C@@H](C)NC(=O)COc1cc(C)c(Br)c(C)c1. The molecule has 0 heterocycles. The molecule has 1 N–H and O–H groups in total. The number of carbonyl (C=O) groups is 1. The Bertz CT molecular complexity index is 707. The van der Waals surface area contributed by atoms with E-state index < -0.39 is 0 Å². The average Bonchev–Trinajstić information content (AvgIpc) is 2.57. The van der Waals surface area contributed by atoms with Crippen LogP contribution in [0.15, 0.2) is 40.9 Å². The summed E-state index contributed by atoms with van der Waals surface area (Å²) < 4.78 is 12.0. The van der Waals surface area contributed by atoms with E-state index in [1.807, 2.05) is 57.2 Å². The molecule has 0 aromatic heterocycles. The van der Waals surface area contributed by atoms with Crippen molar-refractivity contribution in [3.63, 3.8) is 0 Å². The molecule has 0 aliphatic heterocycles. The van der Waals surface area contributed by atoms with Crippen molar-refractivity contribution in [3.05, 3.63) is 57.6 Å². The highest BCUT2D eigenvalue weighted by atomic mass is 79.9. The standard InChI is InChI=1S/C19H22BrNO3/c1-12-9-15(10-13(2)19(12)20)24-11-18(22)21-14(3)16-7-5-6-8-17(16)23-4/h5-10,14H,11H2,1-4H3,(H,21,22)/t14-/m1/s1. The second-order valence-electron chi connectivity index (χ2n) is 5.69. The lowest BCUT2D eigenvalue weighted by molar-refractivity contribution is -0.123. The molecule has 0 unspecified atom stereocenters. The first-order valence-electron chi connectivity index (χ1n) is 7.74. The van der Waals surface area contributed by atoms with Crippen LogP contribution in [0.5, 0.6) is 11.5 Å². The molecule has 4 nitrogen and oxygen atoms in total. The molecule has 0 aliphatic rings. The van der Waals surface area contributed by atoms with Gasteiger partial charge in [-0.3, -0.25) is 4.79 Å². The minimum Gasteiger partial charge on any atom is -0.496 e. The van der Waals surface area contributed by atoms with Crippen LogP contribution >= 0.6 is 15.9 Å². The van der Waals surface area contributed by atoms with Crippen molar-refractivity contribution in [1.29, 1.82) is 0 Å². The van der Waals surface area contributed by atoms with Crippen molar-refractivity contribution in [2.75, 3.05) is 13.7 Å². The van der Waals surface area contributed by atoms with Gasteiger partial charge < -0.3 is 14.8 Å². The summed E-state index contributed by atoms with van der Waals surface area (Å²) in [5.41, 5.74) is 3.09. The molecular weight excluding hydrogens is 370 g/mol. The highest BCUT2D eigenvalue weighted by Gasteiger charge is 2.14. The van der Waals surface area contributed by atoms with Gasteiger partial charge in [0.2, 0.25) is 0 Å². The largest absolute Gasteiger partial charge is 0.496 e. The van der Waals surface area contributed by atoms with Crippen LogP contribution in [-0.4, -0.2) is 19.6 Å². The van der Waals surface area contributed by atoms with Crippen LogP contribution in [0.2, 0.25) is 0 Å². The van der Waals surface area contributed by atoms with Gasteiger partial charge >= 0.3 is 0 Å². The van der Waals surface area contributed by atoms with Crippen molar-refractivity contribution in [1.82, 2.24) is 5.32 Å². The van der Waals surface area contributed by atoms with Crippen LogP contribution in [0.3, 0.4) is 0 Å². The Kier molecular flexibility index (Phi) is 6.26. The van der Waals surface area contributed by atoms with Crippen molar-refractivity contribution in [2.24, 2.45) is 0 Å². The highest BCUT2D eigenvalue weighted by Crippen LogP contribution is 2.26. The zero-order chi connectivity index (χ0) is 17.7. The molecule has 0 saturated carbocycles. The molecule has 1 amide bonds. The molecule has 2 aromatic carbocycles.